The second-order valence-electron chi connectivity index (χ2n) is 23.1. The molecule has 4 fully saturated rings. The third-order valence-electron chi connectivity index (χ3n) is 18.5. The molecule has 15 atom stereocenters. The number of fused-ring (bicyclic) bond motifs is 5. The minimum Gasteiger partial charge on any atom is -0.481 e. The van der Waals surface area contributed by atoms with Crippen LogP contribution in [0.25, 0.3) is 0 Å². The molecule has 0 aliphatic heterocycles. The van der Waals surface area contributed by atoms with Crippen LogP contribution in [-0.4, -0.2) is 197 Å². The van der Waals surface area contributed by atoms with Crippen molar-refractivity contribution in [1.29, 1.82) is 0 Å². The zero-order chi connectivity index (χ0) is 58.7. The van der Waals surface area contributed by atoms with Crippen LogP contribution in [0.1, 0.15) is 118 Å². The Labute approximate surface area is 460 Å². The summed E-state index contributed by atoms with van der Waals surface area (Å²) < 4.78 is 5.73. The van der Waals surface area contributed by atoms with E-state index in [1.54, 1.807) is 24.3 Å². The lowest BCUT2D eigenvalue weighted by atomic mass is 9.43. The number of carbonyl (C=O) groups is 9. The number of benzene rings is 1. The van der Waals surface area contributed by atoms with E-state index in [4.69, 9.17) is 4.74 Å². The highest BCUT2D eigenvalue weighted by molar-refractivity contribution is 5.95. The Balaban J connectivity index is 1.05. The summed E-state index contributed by atoms with van der Waals surface area (Å²) in [6.45, 7) is 7.94. The summed E-state index contributed by atoms with van der Waals surface area (Å²) in [4.78, 5) is 113. The average Bonchev–Trinajstić information content (AvgIpc) is 4.04. The normalized spacial score (nSPS) is 28.2. The number of aliphatic carboxylic acids is 6. The van der Waals surface area contributed by atoms with E-state index in [2.05, 4.69) is 36.7 Å². The van der Waals surface area contributed by atoms with Crippen molar-refractivity contribution in [2.75, 3.05) is 51.2 Å². The number of aliphatic hydroxyl groups is 2. The first-order chi connectivity index (χ1) is 37.1. The summed E-state index contributed by atoms with van der Waals surface area (Å²) in [5.74, 6) is -8.09. The van der Waals surface area contributed by atoms with Crippen LogP contribution in [0.5, 0.6) is 0 Å². The maximum atomic E-state index is 13.1. The lowest BCUT2D eigenvalue weighted by molar-refractivity contribution is -0.202. The third kappa shape index (κ3) is 16.2. The number of aliphatic hydroxyl groups excluding tert-OH is 2. The first kappa shape index (κ1) is 64.0. The smallest absolute Gasteiger partial charge is 0.323 e. The van der Waals surface area contributed by atoms with E-state index in [1.807, 2.05) is 0 Å². The minimum atomic E-state index is -1.52. The van der Waals surface area contributed by atoms with E-state index in [-0.39, 0.29) is 111 Å². The van der Waals surface area contributed by atoms with Crippen molar-refractivity contribution in [3.63, 3.8) is 0 Å². The Morgan fingerprint density at radius 3 is 1.89 bits per heavy atom. The number of hydrogen-bond donors (Lipinski definition) is 11. The molecule has 4 aliphatic carbocycles. The van der Waals surface area contributed by atoms with Crippen LogP contribution in [0.15, 0.2) is 24.3 Å². The van der Waals surface area contributed by atoms with Crippen molar-refractivity contribution in [2.24, 2.45) is 46.3 Å². The van der Waals surface area contributed by atoms with Gasteiger partial charge in [0.15, 0.2) is 0 Å². The fourth-order valence-electron chi connectivity index (χ4n) is 13.8. The van der Waals surface area contributed by atoms with E-state index < -0.39 is 103 Å². The van der Waals surface area contributed by atoms with Gasteiger partial charge < -0.3 is 61.5 Å². The molecule has 4 aliphatic rings. The van der Waals surface area contributed by atoms with Crippen LogP contribution < -0.4 is 16.0 Å². The molecule has 11 N–H and O–H groups in total. The summed E-state index contributed by atoms with van der Waals surface area (Å²) in [5, 5.41) is 90.0. The quantitative estimate of drug-likeness (QED) is 0.0509. The molecule has 0 heterocycles. The van der Waals surface area contributed by atoms with Gasteiger partial charge in [-0.3, -0.25) is 57.9 Å². The zero-order valence-corrected chi connectivity index (χ0v) is 46.3. The van der Waals surface area contributed by atoms with Crippen LogP contribution in [0, 0.1) is 46.3 Å². The van der Waals surface area contributed by atoms with Crippen molar-refractivity contribution in [1.82, 2.24) is 25.3 Å². The predicted molar refractivity (Wildman–Crippen MR) is 283 cm³/mol. The number of amides is 3. The molecule has 79 heavy (non-hydrogen) atoms. The molecule has 0 aromatic heterocycles. The van der Waals surface area contributed by atoms with Crippen LogP contribution in [0.2, 0.25) is 0 Å². The second-order valence-corrected chi connectivity index (χ2v) is 23.1. The number of hydrogen-bond acceptors (Lipinski definition) is 15. The molecule has 0 bridgehead atoms. The van der Waals surface area contributed by atoms with Crippen molar-refractivity contribution >= 4 is 59.2 Å². The van der Waals surface area contributed by atoms with Gasteiger partial charge in [0.25, 0.3) is 0 Å². The molecule has 1 aromatic rings. The molecular weight excluding hydrogens is 1030 g/mol. The van der Waals surface area contributed by atoms with Crippen LogP contribution >= 0.6 is 0 Å². The summed E-state index contributed by atoms with van der Waals surface area (Å²) in [6.07, 6.45) is 4.51. The number of anilines is 1. The molecule has 5 rings (SSSR count). The fourth-order valence-corrected chi connectivity index (χ4v) is 13.8. The third-order valence-corrected chi connectivity index (χ3v) is 18.5. The first-order valence-corrected chi connectivity index (χ1v) is 27.6. The molecule has 24 nitrogen and oxygen atoms in total. The van der Waals surface area contributed by atoms with Gasteiger partial charge in [0.05, 0.1) is 38.5 Å². The second kappa shape index (κ2) is 28.1. The van der Waals surface area contributed by atoms with Gasteiger partial charge in [-0.1, -0.05) is 32.9 Å². The van der Waals surface area contributed by atoms with E-state index in [1.165, 1.54) is 25.7 Å². The number of nitrogens with one attached hydrogen (secondary N) is 3. The molecule has 442 valence electrons. The monoisotopic (exact) mass is 1120 g/mol. The topological polar surface area (TPSA) is 371 Å². The lowest BCUT2D eigenvalue weighted by Gasteiger charge is -2.63. The van der Waals surface area contributed by atoms with Gasteiger partial charge in [-0.15, -0.1) is 0 Å². The van der Waals surface area contributed by atoms with Gasteiger partial charge in [0, 0.05) is 57.2 Å². The number of rotatable bonds is 31. The van der Waals surface area contributed by atoms with Crippen LogP contribution in [-0.2, 0) is 54.5 Å². The Hall–Kier alpha value is -5.79. The standard InChI is InChI=1S/C55H84N6O18/c1-30(7-16-47(67)68)38-12-13-39-49-40(25-43(63)55(38,39)6)54(5)18-17-37(23-35(54)24-42(49)62)58-45(65)15-14-44(64)56-26-46(66)57-36-10-8-34(9-11-36)28-79-29-41(53(77)78)61(33(4)52(75)76)22-21-59(31(2)50(71)72)19-20-60(27-48(69)70)32(3)51(73)74/h8-11,30-33,35,37-43,49,62-63H,7,12-29H2,1-6H3,(H,56,64)(H,57,66)(H,58,65)(H,67,68)(H,69,70)(H,71,72)(H,73,74)(H,75,76)(H,77,78)/t30-,31?,32?,33?,35+,37+,38-,39+,40+,41?,42-,43+,49+,54+,55-/m1/s1. The Kier molecular flexibility index (Phi) is 22.8. The van der Waals surface area contributed by atoms with E-state index >= 15 is 0 Å². The highest BCUT2D eigenvalue weighted by Gasteiger charge is 2.66. The number of carbonyl (C=O) groups excluding carboxylic acids is 3. The summed E-state index contributed by atoms with van der Waals surface area (Å²) in [6, 6.07) is 0.822. The van der Waals surface area contributed by atoms with Gasteiger partial charge in [0.1, 0.15) is 24.2 Å². The maximum Gasteiger partial charge on any atom is 0.323 e. The van der Waals surface area contributed by atoms with Crippen LogP contribution in [0.3, 0.4) is 0 Å². The Bertz CT molecular complexity index is 2340. The van der Waals surface area contributed by atoms with Crippen molar-refractivity contribution in [3.05, 3.63) is 29.8 Å². The van der Waals surface area contributed by atoms with Gasteiger partial charge in [-0.2, -0.15) is 0 Å². The SMILES string of the molecule is CC(C(=O)O)N(CCN(CC(=O)O)C(C)C(=O)O)CCN(C(C)C(=O)O)C(COCc1ccc(NC(=O)CNC(=O)CCC(=O)N[C@H]2CC[C@@]3(C)[C@@H](C2)C[C@@H](O)[C@@H]2[C@@H]3C[C@H](O)[C@]3(C)[C@@H]([C@H](C)CCC(=O)O)CC[C@@H]23)cc1)C(=O)O. The van der Waals surface area contributed by atoms with E-state index in [0.717, 1.165) is 35.5 Å². The van der Waals surface area contributed by atoms with E-state index in [0.29, 0.717) is 36.9 Å². The highest BCUT2D eigenvalue weighted by Crippen LogP contribution is 2.68. The van der Waals surface area contributed by atoms with Crippen molar-refractivity contribution in [3.8, 4) is 0 Å². The Morgan fingerprint density at radius 1 is 0.671 bits per heavy atom. The van der Waals surface area contributed by atoms with Gasteiger partial charge in [-0.05, 0) is 136 Å². The largest absolute Gasteiger partial charge is 0.481 e. The van der Waals surface area contributed by atoms with Crippen molar-refractivity contribution in [2.45, 2.75) is 161 Å². The Morgan fingerprint density at radius 2 is 1.28 bits per heavy atom. The molecular formula is C55H84N6O18. The average molecular weight is 1120 g/mol. The number of nitrogens with zero attached hydrogens (tertiary/aromatic N) is 3. The number of ether oxygens (including phenoxy) is 1. The van der Waals surface area contributed by atoms with Gasteiger partial charge in [-0.25, -0.2) is 0 Å². The summed E-state index contributed by atoms with van der Waals surface area (Å²) in [7, 11) is 0. The lowest BCUT2D eigenvalue weighted by Crippen LogP contribution is -2.63. The summed E-state index contributed by atoms with van der Waals surface area (Å²) in [5.41, 5.74) is 0.394. The van der Waals surface area contributed by atoms with Gasteiger partial charge in [0.2, 0.25) is 17.7 Å². The highest BCUT2D eigenvalue weighted by atomic mass is 16.5. The minimum absolute atomic E-state index is 0.0421. The predicted octanol–water partition coefficient (Wildman–Crippen LogP) is 2.49. The van der Waals surface area contributed by atoms with Gasteiger partial charge >= 0.3 is 35.8 Å². The molecule has 3 amide bonds. The maximum absolute atomic E-state index is 13.1. The van der Waals surface area contributed by atoms with E-state index in [9.17, 15) is 84.0 Å². The molecule has 0 spiro atoms. The molecule has 24 heteroatoms. The van der Waals surface area contributed by atoms with Crippen molar-refractivity contribution < 1.29 is 88.7 Å². The number of carboxylic acid groups (broad SMARTS) is 6. The summed E-state index contributed by atoms with van der Waals surface area (Å²) >= 11 is 0. The van der Waals surface area contributed by atoms with Crippen LogP contribution in [0.4, 0.5) is 5.69 Å². The molecule has 1 aromatic carbocycles. The molecule has 4 unspecified atom stereocenters. The fraction of sp³-hybridized carbons (Fsp3) is 0.727. The first-order valence-electron chi connectivity index (χ1n) is 27.6. The number of carboxylic acids is 6. The zero-order valence-electron chi connectivity index (χ0n) is 46.3. The molecule has 0 radical (unpaired) electrons. The molecule has 4 saturated carbocycles. The molecule has 0 saturated heterocycles.